The van der Waals surface area contributed by atoms with Crippen molar-refractivity contribution in [1.82, 2.24) is 0 Å². The number of sulfonamides is 1. The van der Waals surface area contributed by atoms with Crippen LogP contribution in [0.4, 0.5) is 11.4 Å². The van der Waals surface area contributed by atoms with Crippen molar-refractivity contribution in [3.8, 4) is 0 Å². The van der Waals surface area contributed by atoms with Crippen molar-refractivity contribution < 1.29 is 13.2 Å². The van der Waals surface area contributed by atoms with Gasteiger partial charge in [-0.05, 0) is 49.6 Å². The molecule has 1 amide bonds. The van der Waals surface area contributed by atoms with E-state index in [1.165, 1.54) is 0 Å². The van der Waals surface area contributed by atoms with Crippen LogP contribution in [0.2, 0.25) is 0 Å². The van der Waals surface area contributed by atoms with Gasteiger partial charge in [0.2, 0.25) is 5.91 Å². The number of amides is 1. The quantitative estimate of drug-likeness (QED) is 0.925. The lowest BCUT2D eigenvalue weighted by Crippen LogP contribution is -2.35. The maximum Gasteiger partial charge on any atom is 0.261 e. The molecule has 5 nitrogen and oxygen atoms in total. The van der Waals surface area contributed by atoms with E-state index in [-0.39, 0.29) is 10.8 Å². The van der Waals surface area contributed by atoms with Crippen LogP contribution in [0.5, 0.6) is 0 Å². The summed E-state index contributed by atoms with van der Waals surface area (Å²) in [5.41, 5.74) is 2.18. The van der Waals surface area contributed by atoms with E-state index in [2.05, 4.69) is 4.72 Å². The zero-order valence-corrected chi connectivity index (χ0v) is 14.3. The maximum atomic E-state index is 12.4. The number of hydrogen-bond donors (Lipinski definition) is 1. The van der Waals surface area contributed by atoms with Crippen molar-refractivity contribution in [2.75, 3.05) is 16.2 Å². The number of nitrogens with zero attached hydrogens (tertiary/aromatic N) is 1. The molecule has 1 aliphatic rings. The van der Waals surface area contributed by atoms with Gasteiger partial charge in [-0.15, -0.1) is 0 Å². The maximum absolute atomic E-state index is 12.4. The molecule has 0 unspecified atom stereocenters. The smallest absolute Gasteiger partial charge is 0.261 e. The van der Waals surface area contributed by atoms with Crippen LogP contribution in [-0.4, -0.2) is 20.9 Å². The van der Waals surface area contributed by atoms with Crippen molar-refractivity contribution in [3.63, 3.8) is 0 Å². The number of carbonyl (C=O) groups is 1. The molecule has 0 atom stereocenters. The highest BCUT2D eigenvalue weighted by Crippen LogP contribution is 2.28. The molecule has 0 aromatic heterocycles. The summed E-state index contributed by atoms with van der Waals surface area (Å²) in [6, 6.07) is 13.5. The third-order valence-electron chi connectivity index (χ3n) is 4.13. The topological polar surface area (TPSA) is 66.5 Å². The summed E-state index contributed by atoms with van der Waals surface area (Å²) in [5, 5.41) is 0. The third-order valence-corrected chi connectivity index (χ3v) is 5.53. The predicted molar refractivity (Wildman–Crippen MR) is 94.6 cm³/mol. The Morgan fingerprint density at radius 1 is 1.04 bits per heavy atom. The summed E-state index contributed by atoms with van der Waals surface area (Å²) >= 11 is 0. The lowest BCUT2D eigenvalue weighted by atomic mass is 10.1. The minimum absolute atomic E-state index is 0.0902. The Balaban J connectivity index is 1.90. The summed E-state index contributed by atoms with van der Waals surface area (Å²) < 4.78 is 27.5. The first kappa shape index (κ1) is 16.5. The van der Waals surface area contributed by atoms with E-state index in [1.54, 1.807) is 47.4 Å². The van der Waals surface area contributed by atoms with Gasteiger partial charge in [-0.2, -0.15) is 0 Å². The van der Waals surface area contributed by atoms with Crippen molar-refractivity contribution in [2.24, 2.45) is 0 Å². The fourth-order valence-corrected chi connectivity index (χ4v) is 3.91. The molecule has 1 heterocycles. The van der Waals surface area contributed by atoms with Crippen molar-refractivity contribution in [3.05, 3.63) is 54.1 Å². The first-order valence-corrected chi connectivity index (χ1v) is 9.44. The SMILES string of the molecule is Cc1ccc(NS(=O)(=O)c2ccccc2)cc1N1CCCCC1=O. The molecule has 2 aromatic rings. The molecule has 0 bridgehead atoms. The summed E-state index contributed by atoms with van der Waals surface area (Å²) in [7, 11) is -3.64. The zero-order valence-electron chi connectivity index (χ0n) is 13.5. The fourth-order valence-electron chi connectivity index (χ4n) is 2.84. The molecule has 3 rings (SSSR count). The number of rotatable bonds is 4. The standard InChI is InChI=1S/C18H20N2O3S/c1-14-10-11-15(13-17(14)20-12-6-5-9-18(20)21)19-24(22,23)16-7-3-2-4-8-16/h2-4,7-8,10-11,13,19H,5-6,9,12H2,1H3. The molecule has 2 aromatic carbocycles. The molecular weight excluding hydrogens is 324 g/mol. The van der Waals surface area contributed by atoms with Crippen LogP contribution in [0.15, 0.2) is 53.4 Å². The average molecular weight is 344 g/mol. The van der Waals surface area contributed by atoms with Gasteiger partial charge in [0.1, 0.15) is 0 Å². The van der Waals surface area contributed by atoms with Crippen LogP contribution in [0, 0.1) is 6.92 Å². The minimum Gasteiger partial charge on any atom is -0.312 e. The first-order chi connectivity index (χ1) is 11.5. The molecule has 1 saturated heterocycles. The van der Waals surface area contributed by atoms with Gasteiger partial charge in [0, 0.05) is 18.7 Å². The van der Waals surface area contributed by atoms with E-state index in [0.29, 0.717) is 18.7 Å². The number of anilines is 2. The monoisotopic (exact) mass is 344 g/mol. The van der Waals surface area contributed by atoms with Gasteiger partial charge in [-0.25, -0.2) is 8.42 Å². The number of aryl methyl sites for hydroxylation is 1. The predicted octanol–water partition coefficient (Wildman–Crippen LogP) is 3.31. The normalized spacial score (nSPS) is 15.4. The van der Waals surface area contributed by atoms with Gasteiger partial charge in [-0.1, -0.05) is 24.3 Å². The number of carbonyl (C=O) groups excluding carboxylic acids is 1. The van der Waals surface area contributed by atoms with Gasteiger partial charge in [0.15, 0.2) is 0 Å². The second-order valence-electron chi connectivity index (χ2n) is 5.92. The Hall–Kier alpha value is -2.34. The van der Waals surface area contributed by atoms with Crippen molar-refractivity contribution in [1.29, 1.82) is 0 Å². The molecule has 1 N–H and O–H groups in total. The fraction of sp³-hybridized carbons (Fsp3) is 0.278. The van der Waals surface area contributed by atoms with Crippen LogP contribution in [0.3, 0.4) is 0 Å². The number of piperidine rings is 1. The van der Waals surface area contributed by atoms with Crippen molar-refractivity contribution in [2.45, 2.75) is 31.1 Å². The van der Waals surface area contributed by atoms with Gasteiger partial charge in [-0.3, -0.25) is 9.52 Å². The highest BCUT2D eigenvalue weighted by Gasteiger charge is 2.22. The highest BCUT2D eigenvalue weighted by atomic mass is 32.2. The van der Waals surface area contributed by atoms with Crippen LogP contribution in [-0.2, 0) is 14.8 Å². The number of nitrogens with one attached hydrogen (secondary N) is 1. The van der Waals surface area contributed by atoms with E-state index in [4.69, 9.17) is 0 Å². The van der Waals surface area contributed by atoms with Gasteiger partial charge >= 0.3 is 0 Å². The average Bonchev–Trinajstić information content (AvgIpc) is 2.58. The summed E-state index contributed by atoms with van der Waals surface area (Å²) in [4.78, 5) is 14.1. The van der Waals surface area contributed by atoms with E-state index in [1.807, 2.05) is 13.0 Å². The molecular formula is C18H20N2O3S. The van der Waals surface area contributed by atoms with Crippen LogP contribution in [0.25, 0.3) is 0 Å². The second-order valence-corrected chi connectivity index (χ2v) is 7.60. The molecule has 24 heavy (non-hydrogen) atoms. The molecule has 1 aliphatic heterocycles. The Bertz CT molecular complexity index is 848. The molecule has 0 spiro atoms. The number of hydrogen-bond acceptors (Lipinski definition) is 3. The highest BCUT2D eigenvalue weighted by molar-refractivity contribution is 7.92. The van der Waals surface area contributed by atoms with Crippen LogP contribution < -0.4 is 9.62 Å². The Labute approximate surface area is 142 Å². The van der Waals surface area contributed by atoms with E-state index >= 15 is 0 Å². The largest absolute Gasteiger partial charge is 0.312 e. The van der Waals surface area contributed by atoms with Crippen LogP contribution >= 0.6 is 0 Å². The summed E-state index contributed by atoms with van der Waals surface area (Å²) in [5.74, 6) is 0.0902. The van der Waals surface area contributed by atoms with E-state index in [9.17, 15) is 13.2 Å². The minimum atomic E-state index is -3.64. The van der Waals surface area contributed by atoms with Gasteiger partial charge in [0.05, 0.1) is 10.6 Å². The lowest BCUT2D eigenvalue weighted by molar-refractivity contribution is -0.119. The first-order valence-electron chi connectivity index (χ1n) is 7.96. The van der Waals surface area contributed by atoms with E-state index < -0.39 is 10.0 Å². The molecule has 0 aliphatic carbocycles. The second kappa shape index (κ2) is 6.65. The Kier molecular flexibility index (Phi) is 4.57. The third kappa shape index (κ3) is 3.43. The number of benzene rings is 2. The zero-order chi connectivity index (χ0) is 17.2. The van der Waals surface area contributed by atoms with Gasteiger partial charge in [0.25, 0.3) is 10.0 Å². The molecule has 6 heteroatoms. The van der Waals surface area contributed by atoms with E-state index in [0.717, 1.165) is 24.1 Å². The van der Waals surface area contributed by atoms with Gasteiger partial charge < -0.3 is 4.90 Å². The molecule has 126 valence electrons. The molecule has 0 radical (unpaired) electrons. The molecule has 1 fully saturated rings. The van der Waals surface area contributed by atoms with Crippen LogP contribution in [0.1, 0.15) is 24.8 Å². The lowest BCUT2D eigenvalue weighted by Gasteiger charge is -2.28. The molecule has 0 saturated carbocycles. The van der Waals surface area contributed by atoms with Crippen molar-refractivity contribution >= 4 is 27.3 Å². The Morgan fingerprint density at radius 2 is 1.79 bits per heavy atom. The summed E-state index contributed by atoms with van der Waals surface area (Å²) in [6.45, 7) is 2.60. The summed E-state index contributed by atoms with van der Waals surface area (Å²) in [6.07, 6.45) is 2.42. The Morgan fingerprint density at radius 3 is 2.50 bits per heavy atom.